The smallest absolute Gasteiger partial charge is 0.450 e. The summed E-state index contributed by atoms with van der Waals surface area (Å²) < 4.78 is 4.97. The number of aromatic nitrogens is 1. The predicted octanol–water partition coefficient (Wildman–Crippen LogP) is 3.16. The van der Waals surface area contributed by atoms with Crippen LogP contribution in [0.25, 0.3) is 10.9 Å². The number of carbonyl (C=O) groups is 1. The first-order valence-corrected chi connectivity index (χ1v) is 5.66. The summed E-state index contributed by atoms with van der Waals surface area (Å²) >= 11 is 0. The molecule has 1 aliphatic rings. The van der Waals surface area contributed by atoms with Gasteiger partial charge in [-0.3, -0.25) is 0 Å². The highest BCUT2D eigenvalue weighted by molar-refractivity contribution is 5.89. The zero-order valence-corrected chi connectivity index (χ0v) is 9.49. The van der Waals surface area contributed by atoms with Crippen LogP contribution >= 0.6 is 0 Å². The molecule has 1 aliphatic carbocycles. The van der Waals surface area contributed by atoms with Crippen LogP contribution in [0.15, 0.2) is 18.2 Å². The highest BCUT2D eigenvalue weighted by Crippen LogP contribution is 2.39. The fourth-order valence-electron chi connectivity index (χ4n) is 2.76. The molecule has 17 heavy (non-hydrogen) atoms. The maximum atomic E-state index is 10.7. The van der Waals surface area contributed by atoms with Crippen molar-refractivity contribution in [3.8, 4) is 0 Å². The zero-order chi connectivity index (χ0) is 12.0. The van der Waals surface area contributed by atoms with Gasteiger partial charge in [0.05, 0.1) is 0 Å². The Balaban J connectivity index is 2.21. The lowest BCUT2D eigenvalue weighted by molar-refractivity contribution is 0.0471. The topological polar surface area (TPSA) is 62.3 Å². The van der Waals surface area contributed by atoms with Crippen LogP contribution in [-0.4, -0.2) is 16.2 Å². The number of benzene rings is 1. The molecule has 1 aromatic carbocycles. The van der Waals surface area contributed by atoms with Gasteiger partial charge in [-0.15, -0.1) is 0 Å². The minimum absolute atomic E-state index is 0.337. The van der Waals surface area contributed by atoms with Crippen molar-refractivity contribution in [2.24, 2.45) is 0 Å². The van der Waals surface area contributed by atoms with Gasteiger partial charge in [0.1, 0.15) is 6.10 Å². The van der Waals surface area contributed by atoms with E-state index < -0.39 is 6.16 Å². The van der Waals surface area contributed by atoms with Crippen LogP contribution in [0.1, 0.15) is 29.3 Å². The van der Waals surface area contributed by atoms with Crippen LogP contribution in [0.2, 0.25) is 0 Å². The van der Waals surface area contributed by atoms with Crippen LogP contribution < -0.4 is 0 Å². The molecule has 1 unspecified atom stereocenters. The van der Waals surface area contributed by atoms with Gasteiger partial charge in [0.2, 0.25) is 0 Å². The molecule has 2 N–H and O–H groups in total. The number of hydrogen-bond donors (Lipinski definition) is 2. The summed E-state index contributed by atoms with van der Waals surface area (Å²) in [6.45, 7) is 1.96. The molecule has 4 heteroatoms. The fourth-order valence-corrected chi connectivity index (χ4v) is 2.76. The molecule has 88 valence electrons. The van der Waals surface area contributed by atoms with E-state index in [9.17, 15) is 4.79 Å². The summed E-state index contributed by atoms with van der Waals surface area (Å²) in [5, 5.41) is 9.91. The van der Waals surface area contributed by atoms with Crippen molar-refractivity contribution < 1.29 is 14.6 Å². The lowest BCUT2D eigenvalue weighted by atomic mass is 9.89. The first kappa shape index (κ1) is 10.2. The van der Waals surface area contributed by atoms with Crippen molar-refractivity contribution >= 4 is 17.1 Å². The summed E-state index contributed by atoms with van der Waals surface area (Å²) in [7, 11) is 0. The van der Waals surface area contributed by atoms with Crippen molar-refractivity contribution in [2.45, 2.75) is 25.9 Å². The maximum Gasteiger partial charge on any atom is 0.506 e. The first-order valence-electron chi connectivity index (χ1n) is 5.66. The minimum atomic E-state index is -1.21. The van der Waals surface area contributed by atoms with Gasteiger partial charge in [-0.25, -0.2) is 4.79 Å². The average molecular weight is 231 g/mol. The van der Waals surface area contributed by atoms with Crippen molar-refractivity contribution in [3.63, 3.8) is 0 Å². The molecule has 1 atom stereocenters. The number of aryl methyl sites for hydroxylation is 2. The van der Waals surface area contributed by atoms with Gasteiger partial charge in [-0.2, -0.15) is 0 Å². The molecule has 0 radical (unpaired) electrons. The maximum absolute atomic E-state index is 10.7. The number of ether oxygens (including phenoxy) is 1. The van der Waals surface area contributed by atoms with Gasteiger partial charge in [0.15, 0.2) is 0 Å². The van der Waals surface area contributed by atoms with Crippen molar-refractivity contribution in [1.29, 1.82) is 0 Å². The molecule has 3 rings (SSSR count). The summed E-state index contributed by atoms with van der Waals surface area (Å²) in [6, 6.07) is 6.13. The second-order valence-electron chi connectivity index (χ2n) is 4.41. The molecule has 0 bridgehead atoms. The number of hydrogen-bond acceptors (Lipinski definition) is 2. The summed E-state index contributed by atoms with van der Waals surface area (Å²) in [5.41, 5.74) is 4.34. The Kier molecular flexibility index (Phi) is 2.11. The van der Waals surface area contributed by atoms with Crippen LogP contribution in [-0.2, 0) is 11.2 Å². The molecule has 1 heterocycles. The number of H-pyrrole nitrogens is 1. The third kappa shape index (κ3) is 1.48. The zero-order valence-electron chi connectivity index (χ0n) is 9.49. The highest BCUT2D eigenvalue weighted by atomic mass is 16.7. The third-order valence-electron chi connectivity index (χ3n) is 3.39. The van der Waals surface area contributed by atoms with E-state index in [0.29, 0.717) is 0 Å². The standard InChI is InChI=1S/C13H13NO3/c1-7-11-10(17-13(15)16)6-5-8-3-2-4-9(14-7)12(8)11/h2-4,10,14H,5-6H2,1H3,(H,15,16). The van der Waals surface area contributed by atoms with Gasteiger partial charge in [0, 0.05) is 22.2 Å². The lowest BCUT2D eigenvalue weighted by Crippen LogP contribution is -2.14. The van der Waals surface area contributed by atoms with E-state index in [-0.39, 0.29) is 6.10 Å². The molecule has 1 aromatic heterocycles. The fraction of sp³-hybridized carbons (Fsp3) is 0.308. The van der Waals surface area contributed by atoms with Gasteiger partial charge in [-0.05, 0) is 31.4 Å². The highest BCUT2D eigenvalue weighted by Gasteiger charge is 2.27. The van der Waals surface area contributed by atoms with E-state index >= 15 is 0 Å². The van der Waals surface area contributed by atoms with E-state index in [1.54, 1.807) is 0 Å². The number of aromatic amines is 1. The van der Waals surface area contributed by atoms with Crippen LogP contribution in [0.5, 0.6) is 0 Å². The predicted molar refractivity (Wildman–Crippen MR) is 63.2 cm³/mol. The second-order valence-corrected chi connectivity index (χ2v) is 4.41. The Labute approximate surface area is 98.2 Å². The Morgan fingerprint density at radius 3 is 3.12 bits per heavy atom. The first-order chi connectivity index (χ1) is 8.16. The number of rotatable bonds is 1. The molecule has 0 saturated heterocycles. The van der Waals surface area contributed by atoms with E-state index in [2.05, 4.69) is 11.1 Å². The largest absolute Gasteiger partial charge is 0.506 e. The Morgan fingerprint density at radius 2 is 2.35 bits per heavy atom. The van der Waals surface area contributed by atoms with Crippen molar-refractivity contribution in [1.82, 2.24) is 4.98 Å². The monoisotopic (exact) mass is 231 g/mol. The van der Waals surface area contributed by atoms with Gasteiger partial charge in [0.25, 0.3) is 0 Å². The molecule has 0 spiro atoms. The summed E-state index contributed by atoms with van der Waals surface area (Å²) in [4.78, 5) is 14.0. The second kappa shape index (κ2) is 3.52. The summed E-state index contributed by atoms with van der Waals surface area (Å²) in [5.74, 6) is 0. The molecule has 0 amide bonds. The van der Waals surface area contributed by atoms with Crippen molar-refractivity contribution in [3.05, 3.63) is 35.0 Å². The Bertz CT molecular complexity index is 600. The third-order valence-corrected chi connectivity index (χ3v) is 3.39. The quantitative estimate of drug-likeness (QED) is 0.741. The summed E-state index contributed by atoms with van der Waals surface area (Å²) in [6.07, 6.45) is 0.0377. The van der Waals surface area contributed by atoms with Gasteiger partial charge >= 0.3 is 6.16 Å². The molecule has 0 saturated carbocycles. The van der Waals surface area contributed by atoms with Crippen molar-refractivity contribution in [2.75, 3.05) is 0 Å². The molecule has 0 fully saturated rings. The number of nitrogens with one attached hydrogen (secondary N) is 1. The lowest BCUT2D eigenvalue weighted by Gasteiger charge is -2.22. The molecular weight excluding hydrogens is 218 g/mol. The van der Waals surface area contributed by atoms with Crippen LogP contribution in [0.4, 0.5) is 4.79 Å². The van der Waals surface area contributed by atoms with Crippen LogP contribution in [0.3, 0.4) is 0 Å². The number of carboxylic acid groups (broad SMARTS) is 1. The Morgan fingerprint density at radius 1 is 1.53 bits per heavy atom. The van der Waals surface area contributed by atoms with Gasteiger partial charge in [-0.1, -0.05) is 12.1 Å². The van der Waals surface area contributed by atoms with Gasteiger partial charge < -0.3 is 14.8 Å². The van der Waals surface area contributed by atoms with E-state index in [0.717, 1.165) is 35.0 Å². The molecule has 0 aliphatic heterocycles. The minimum Gasteiger partial charge on any atom is -0.450 e. The van der Waals surface area contributed by atoms with Crippen LogP contribution in [0, 0.1) is 6.92 Å². The molecular formula is C13H13NO3. The SMILES string of the molecule is Cc1[nH]c2cccc3c2c1C(OC(=O)O)CC3. The van der Waals surface area contributed by atoms with E-state index in [4.69, 9.17) is 9.84 Å². The normalized spacial score (nSPS) is 18.3. The van der Waals surface area contributed by atoms with E-state index in [1.165, 1.54) is 5.56 Å². The Hall–Kier alpha value is -1.97. The van der Waals surface area contributed by atoms with E-state index in [1.807, 2.05) is 19.1 Å². The average Bonchev–Trinajstić information content (AvgIpc) is 2.61. The molecule has 4 nitrogen and oxygen atoms in total. The molecule has 2 aromatic rings.